The Kier molecular flexibility index (Phi) is 4.83. The summed E-state index contributed by atoms with van der Waals surface area (Å²) in [4.78, 5) is 11.1. The minimum absolute atomic E-state index is 0.211. The van der Waals surface area contributed by atoms with Gasteiger partial charge in [-0.15, -0.1) is 0 Å². The third-order valence-electron chi connectivity index (χ3n) is 3.48. The third-order valence-corrected chi connectivity index (χ3v) is 4.63. The van der Waals surface area contributed by atoms with Gasteiger partial charge < -0.3 is 10.6 Å². The van der Waals surface area contributed by atoms with Crippen LogP contribution in [-0.4, -0.2) is 40.6 Å². The van der Waals surface area contributed by atoms with Crippen molar-refractivity contribution in [1.29, 1.82) is 0 Å². The van der Waals surface area contributed by atoms with Crippen LogP contribution in [0.1, 0.15) is 25.3 Å². The van der Waals surface area contributed by atoms with Crippen molar-refractivity contribution in [1.82, 2.24) is 9.97 Å². The molecule has 100 valence electrons. The molecule has 1 aromatic rings. The molecule has 2 atom stereocenters. The van der Waals surface area contributed by atoms with Crippen LogP contribution in [0.2, 0.25) is 0 Å². The molecule has 2 unspecified atom stereocenters. The molecule has 1 fully saturated rings. The second-order valence-electron chi connectivity index (χ2n) is 4.89. The smallest absolute Gasteiger partial charge is 0.225 e. The van der Waals surface area contributed by atoms with Crippen molar-refractivity contribution in [3.63, 3.8) is 0 Å². The first kappa shape index (κ1) is 13.6. The normalized spacial score (nSPS) is 20.9. The largest absolute Gasteiger partial charge is 0.340 e. The first-order valence-corrected chi connectivity index (χ1v) is 7.73. The first-order valence-electron chi connectivity index (χ1n) is 6.57. The highest BCUT2D eigenvalue weighted by atomic mass is 32.2. The number of thioether (sulfide) groups is 1. The summed E-state index contributed by atoms with van der Waals surface area (Å²) >= 11 is 2.01. The Balaban J connectivity index is 1.98. The van der Waals surface area contributed by atoms with Crippen LogP contribution < -0.4 is 10.6 Å². The summed E-state index contributed by atoms with van der Waals surface area (Å²) in [6.45, 7) is 2.10. The minimum Gasteiger partial charge on any atom is -0.340 e. The highest BCUT2D eigenvalue weighted by Crippen LogP contribution is 2.23. The van der Waals surface area contributed by atoms with Crippen molar-refractivity contribution in [3.05, 3.63) is 18.0 Å². The molecule has 2 rings (SSSR count). The third kappa shape index (κ3) is 3.36. The average molecular weight is 266 g/mol. The monoisotopic (exact) mass is 266 g/mol. The van der Waals surface area contributed by atoms with Gasteiger partial charge in [0, 0.05) is 37.3 Å². The number of nitrogens with zero attached hydrogens (tertiary/aromatic N) is 3. The van der Waals surface area contributed by atoms with Gasteiger partial charge in [0.15, 0.2) is 0 Å². The van der Waals surface area contributed by atoms with Gasteiger partial charge in [-0.2, -0.15) is 11.8 Å². The van der Waals surface area contributed by atoms with E-state index >= 15 is 0 Å². The van der Waals surface area contributed by atoms with Gasteiger partial charge in [0.25, 0.3) is 0 Å². The molecule has 5 heteroatoms. The maximum Gasteiger partial charge on any atom is 0.225 e. The van der Waals surface area contributed by atoms with Crippen LogP contribution in [0.3, 0.4) is 0 Å². The quantitative estimate of drug-likeness (QED) is 0.879. The van der Waals surface area contributed by atoms with Crippen molar-refractivity contribution in [3.8, 4) is 0 Å². The lowest BCUT2D eigenvalue weighted by molar-refractivity contribution is 0.640. The van der Waals surface area contributed by atoms with Crippen molar-refractivity contribution >= 4 is 17.7 Å². The molecule has 0 bridgehead atoms. The van der Waals surface area contributed by atoms with Crippen LogP contribution >= 0.6 is 11.8 Å². The van der Waals surface area contributed by atoms with E-state index in [9.17, 15) is 0 Å². The highest BCUT2D eigenvalue weighted by Gasteiger charge is 2.21. The predicted molar refractivity (Wildman–Crippen MR) is 78.1 cm³/mol. The second kappa shape index (κ2) is 6.38. The van der Waals surface area contributed by atoms with Gasteiger partial charge in [-0.1, -0.05) is 6.92 Å². The standard InChI is InChI=1S/C13H22N4S/c1-3-11(14)6-10-7-15-13(16-8-10)17(2)12-4-5-18-9-12/h7-8,11-12H,3-6,9,14H2,1-2H3. The Morgan fingerprint density at radius 2 is 2.22 bits per heavy atom. The van der Waals surface area contributed by atoms with Crippen LogP contribution in [-0.2, 0) is 6.42 Å². The lowest BCUT2D eigenvalue weighted by Crippen LogP contribution is -2.32. The van der Waals surface area contributed by atoms with Crippen molar-refractivity contribution in [2.24, 2.45) is 5.73 Å². The number of anilines is 1. The lowest BCUT2D eigenvalue weighted by atomic mass is 10.1. The number of hydrogen-bond acceptors (Lipinski definition) is 5. The molecular weight excluding hydrogens is 244 g/mol. The number of aromatic nitrogens is 2. The van der Waals surface area contributed by atoms with Crippen molar-refractivity contribution in [2.45, 2.75) is 38.3 Å². The van der Waals surface area contributed by atoms with E-state index in [4.69, 9.17) is 5.73 Å². The van der Waals surface area contributed by atoms with E-state index < -0.39 is 0 Å². The summed E-state index contributed by atoms with van der Waals surface area (Å²) in [5.74, 6) is 3.26. The molecule has 18 heavy (non-hydrogen) atoms. The van der Waals surface area contributed by atoms with Crippen LogP contribution in [0.15, 0.2) is 12.4 Å². The van der Waals surface area contributed by atoms with Crippen LogP contribution in [0.5, 0.6) is 0 Å². The van der Waals surface area contributed by atoms with Crippen molar-refractivity contribution < 1.29 is 0 Å². The van der Waals surface area contributed by atoms with E-state index in [-0.39, 0.29) is 6.04 Å². The molecule has 0 aliphatic carbocycles. The summed E-state index contributed by atoms with van der Waals surface area (Å²) in [7, 11) is 2.09. The van der Waals surface area contributed by atoms with E-state index in [1.807, 2.05) is 24.2 Å². The fourth-order valence-corrected chi connectivity index (χ4v) is 3.34. The Hall–Kier alpha value is -0.810. The number of hydrogen-bond donors (Lipinski definition) is 1. The molecule has 1 saturated heterocycles. The Bertz CT molecular complexity index is 362. The SMILES string of the molecule is CCC(N)Cc1cnc(N(C)C2CCSC2)nc1. The highest BCUT2D eigenvalue weighted by molar-refractivity contribution is 7.99. The average Bonchev–Trinajstić information content (AvgIpc) is 2.92. The van der Waals surface area contributed by atoms with Crippen LogP contribution in [0.25, 0.3) is 0 Å². The maximum atomic E-state index is 5.93. The lowest BCUT2D eigenvalue weighted by Gasteiger charge is -2.23. The van der Waals surface area contributed by atoms with Gasteiger partial charge >= 0.3 is 0 Å². The van der Waals surface area contributed by atoms with E-state index in [2.05, 4.69) is 28.8 Å². The molecular formula is C13H22N4S. The van der Waals surface area contributed by atoms with E-state index in [0.717, 1.165) is 24.4 Å². The van der Waals surface area contributed by atoms with E-state index in [1.165, 1.54) is 17.9 Å². The maximum absolute atomic E-state index is 5.93. The van der Waals surface area contributed by atoms with E-state index in [0.29, 0.717) is 6.04 Å². The van der Waals surface area contributed by atoms with Gasteiger partial charge in [-0.25, -0.2) is 9.97 Å². The molecule has 1 aliphatic rings. The molecule has 1 aromatic heterocycles. The summed E-state index contributed by atoms with van der Waals surface area (Å²) in [6, 6.07) is 0.794. The van der Waals surface area contributed by atoms with Crippen LogP contribution in [0, 0.1) is 0 Å². The van der Waals surface area contributed by atoms with Crippen LogP contribution in [0.4, 0.5) is 5.95 Å². The number of rotatable bonds is 5. The molecule has 0 saturated carbocycles. The summed E-state index contributed by atoms with van der Waals surface area (Å²) < 4.78 is 0. The fraction of sp³-hybridized carbons (Fsp3) is 0.692. The summed E-state index contributed by atoms with van der Waals surface area (Å²) in [5, 5.41) is 0. The zero-order valence-electron chi connectivity index (χ0n) is 11.2. The predicted octanol–water partition coefficient (Wildman–Crippen LogP) is 1.70. The van der Waals surface area contributed by atoms with Gasteiger partial charge in [0.05, 0.1) is 0 Å². The Labute approximate surface area is 113 Å². The van der Waals surface area contributed by atoms with Gasteiger partial charge in [0.2, 0.25) is 5.95 Å². The fourth-order valence-electron chi connectivity index (χ4n) is 2.07. The Morgan fingerprint density at radius 1 is 1.50 bits per heavy atom. The minimum atomic E-state index is 0.211. The summed E-state index contributed by atoms with van der Waals surface area (Å²) in [5.41, 5.74) is 7.06. The zero-order valence-corrected chi connectivity index (χ0v) is 12.0. The molecule has 0 radical (unpaired) electrons. The molecule has 2 N–H and O–H groups in total. The molecule has 2 heterocycles. The molecule has 4 nitrogen and oxygen atoms in total. The van der Waals surface area contributed by atoms with Gasteiger partial charge in [-0.3, -0.25) is 0 Å². The molecule has 0 aromatic carbocycles. The first-order chi connectivity index (χ1) is 8.70. The zero-order chi connectivity index (χ0) is 13.0. The molecule has 1 aliphatic heterocycles. The number of nitrogens with two attached hydrogens (primary N) is 1. The molecule has 0 amide bonds. The summed E-state index contributed by atoms with van der Waals surface area (Å²) in [6.07, 6.45) is 6.90. The van der Waals surface area contributed by atoms with Crippen molar-refractivity contribution in [2.75, 3.05) is 23.5 Å². The molecule has 0 spiro atoms. The van der Waals surface area contributed by atoms with Gasteiger partial charge in [0.1, 0.15) is 0 Å². The topological polar surface area (TPSA) is 55.0 Å². The van der Waals surface area contributed by atoms with Gasteiger partial charge in [-0.05, 0) is 30.6 Å². The Morgan fingerprint density at radius 3 is 2.78 bits per heavy atom. The second-order valence-corrected chi connectivity index (χ2v) is 6.04. The van der Waals surface area contributed by atoms with E-state index in [1.54, 1.807) is 0 Å².